The second kappa shape index (κ2) is 7.63. The van der Waals surface area contributed by atoms with E-state index in [1.807, 2.05) is 12.1 Å². The highest BCUT2D eigenvalue weighted by Crippen LogP contribution is 2.29. The number of nitrogens with two attached hydrogens (primary N) is 1. The topological polar surface area (TPSA) is 81.8 Å². The minimum absolute atomic E-state index is 0.415. The molecule has 0 amide bonds. The standard InChI is InChI=1S/C14H21NO4/c1-18-12-6-5-10(9-13(12)19-2)8-11(14(16)17)4-3-7-15/h5-6,9,11H,3-4,7-8,15H2,1-2H3,(H,16,17). The molecule has 5 heteroatoms. The van der Waals surface area contributed by atoms with Gasteiger partial charge < -0.3 is 20.3 Å². The molecule has 1 atom stereocenters. The van der Waals surface area contributed by atoms with Crippen molar-refractivity contribution in [3.05, 3.63) is 23.8 Å². The summed E-state index contributed by atoms with van der Waals surface area (Å²) < 4.78 is 10.4. The molecule has 0 aliphatic rings. The Bertz CT molecular complexity index is 420. The summed E-state index contributed by atoms with van der Waals surface area (Å²) in [7, 11) is 3.13. The zero-order chi connectivity index (χ0) is 14.3. The molecule has 0 fully saturated rings. The van der Waals surface area contributed by atoms with E-state index in [0.29, 0.717) is 37.3 Å². The number of carboxylic acid groups (broad SMARTS) is 1. The summed E-state index contributed by atoms with van der Waals surface area (Å²) in [5.41, 5.74) is 6.34. The second-order valence-electron chi connectivity index (χ2n) is 4.36. The summed E-state index contributed by atoms with van der Waals surface area (Å²) in [6.45, 7) is 0.510. The molecule has 1 aromatic rings. The quantitative estimate of drug-likeness (QED) is 0.749. The van der Waals surface area contributed by atoms with Crippen molar-refractivity contribution in [2.24, 2.45) is 11.7 Å². The van der Waals surface area contributed by atoms with Crippen LogP contribution in [-0.4, -0.2) is 31.8 Å². The predicted octanol–water partition coefficient (Wildman–Crippen LogP) is 1.69. The molecule has 0 saturated heterocycles. The van der Waals surface area contributed by atoms with E-state index in [-0.39, 0.29) is 0 Å². The van der Waals surface area contributed by atoms with Crippen molar-refractivity contribution in [3.8, 4) is 11.5 Å². The molecule has 3 N–H and O–H groups in total. The Hall–Kier alpha value is -1.75. The third-order valence-corrected chi connectivity index (χ3v) is 3.04. The highest BCUT2D eigenvalue weighted by Gasteiger charge is 2.18. The SMILES string of the molecule is COc1ccc(CC(CCCN)C(=O)O)cc1OC. The minimum atomic E-state index is -0.789. The third-order valence-electron chi connectivity index (χ3n) is 3.04. The molecule has 0 heterocycles. The molecule has 19 heavy (non-hydrogen) atoms. The van der Waals surface area contributed by atoms with Crippen LogP contribution in [0.15, 0.2) is 18.2 Å². The normalized spacial score (nSPS) is 11.9. The smallest absolute Gasteiger partial charge is 0.306 e. The molecule has 1 rings (SSSR count). The van der Waals surface area contributed by atoms with Crippen LogP contribution in [0.3, 0.4) is 0 Å². The third kappa shape index (κ3) is 4.44. The van der Waals surface area contributed by atoms with Gasteiger partial charge >= 0.3 is 5.97 Å². The molecular weight excluding hydrogens is 246 g/mol. The van der Waals surface area contributed by atoms with Crippen LogP contribution in [0.25, 0.3) is 0 Å². The van der Waals surface area contributed by atoms with Crippen molar-refractivity contribution in [2.75, 3.05) is 20.8 Å². The van der Waals surface area contributed by atoms with Gasteiger partial charge in [-0.15, -0.1) is 0 Å². The van der Waals surface area contributed by atoms with E-state index >= 15 is 0 Å². The van der Waals surface area contributed by atoms with Gasteiger partial charge in [-0.25, -0.2) is 0 Å². The lowest BCUT2D eigenvalue weighted by Gasteiger charge is -2.14. The summed E-state index contributed by atoms with van der Waals surface area (Å²) >= 11 is 0. The maximum absolute atomic E-state index is 11.2. The number of hydrogen-bond donors (Lipinski definition) is 2. The summed E-state index contributed by atoms with van der Waals surface area (Å²) in [5, 5.41) is 9.19. The largest absolute Gasteiger partial charge is 0.493 e. The molecule has 0 bridgehead atoms. The van der Waals surface area contributed by atoms with E-state index in [4.69, 9.17) is 15.2 Å². The van der Waals surface area contributed by atoms with Gasteiger partial charge in [0.1, 0.15) is 0 Å². The Balaban J connectivity index is 2.81. The maximum Gasteiger partial charge on any atom is 0.306 e. The highest BCUT2D eigenvalue weighted by atomic mass is 16.5. The Morgan fingerprint density at radius 2 is 2.00 bits per heavy atom. The Labute approximate surface area is 113 Å². The molecule has 1 unspecified atom stereocenters. The number of methoxy groups -OCH3 is 2. The van der Waals surface area contributed by atoms with Gasteiger partial charge in [0, 0.05) is 0 Å². The first-order chi connectivity index (χ1) is 9.12. The second-order valence-corrected chi connectivity index (χ2v) is 4.36. The molecule has 0 saturated carbocycles. The van der Waals surface area contributed by atoms with Crippen molar-refractivity contribution < 1.29 is 19.4 Å². The van der Waals surface area contributed by atoms with Gasteiger partial charge in [0.05, 0.1) is 20.1 Å². The van der Waals surface area contributed by atoms with Crippen molar-refractivity contribution >= 4 is 5.97 Å². The van der Waals surface area contributed by atoms with Gasteiger partial charge in [-0.05, 0) is 43.5 Å². The first-order valence-corrected chi connectivity index (χ1v) is 6.26. The molecule has 5 nitrogen and oxygen atoms in total. The lowest BCUT2D eigenvalue weighted by Crippen LogP contribution is -2.18. The Kier molecular flexibility index (Phi) is 6.15. The summed E-state index contributed by atoms with van der Waals surface area (Å²) in [6, 6.07) is 5.47. The van der Waals surface area contributed by atoms with Crippen LogP contribution in [-0.2, 0) is 11.2 Å². The number of ether oxygens (including phenoxy) is 2. The van der Waals surface area contributed by atoms with Crippen molar-refractivity contribution in [1.82, 2.24) is 0 Å². The molecule has 0 aliphatic carbocycles. The highest BCUT2D eigenvalue weighted by molar-refractivity contribution is 5.70. The number of hydrogen-bond acceptors (Lipinski definition) is 4. The van der Waals surface area contributed by atoms with E-state index in [1.54, 1.807) is 20.3 Å². The average molecular weight is 267 g/mol. The van der Waals surface area contributed by atoms with Crippen LogP contribution < -0.4 is 15.2 Å². The van der Waals surface area contributed by atoms with Crippen LogP contribution >= 0.6 is 0 Å². The van der Waals surface area contributed by atoms with Crippen LogP contribution in [0.4, 0.5) is 0 Å². The zero-order valence-corrected chi connectivity index (χ0v) is 11.4. The van der Waals surface area contributed by atoms with Gasteiger partial charge in [0.25, 0.3) is 0 Å². The van der Waals surface area contributed by atoms with Gasteiger partial charge in [0.2, 0.25) is 0 Å². The Morgan fingerprint density at radius 1 is 1.32 bits per heavy atom. The van der Waals surface area contributed by atoms with E-state index in [0.717, 1.165) is 5.56 Å². The number of carboxylic acids is 1. The summed E-state index contributed by atoms with van der Waals surface area (Å²) in [4.78, 5) is 11.2. The van der Waals surface area contributed by atoms with Crippen molar-refractivity contribution in [1.29, 1.82) is 0 Å². The lowest BCUT2D eigenvalue weighted by atomic mass is 9.94. The molecule has 1 aromatic carbocycles. The fraction of sp³-hybridized carbons (Fsp3) is 0.500. The monoisotopic (exact) mass is 267 g/mol. The predicted molar refractivity (Wildman–Crippen MR) is 72.7 cm³/mol. The van der Waals surface area contributed by atoms with Crippen LogP contribution in [0.1, 0.15) is 18.4 Å². The van der Waals surface area contributed by atoms with Crippen LogP contribution in [0.2, 0.25) is 0 Å². The first kappa shape index (κ1) is 15.3. The number of benzene rings is 1. The van der Waals surface area contributed by atoms with Crippen molar-refractivity contribution in [3.63, 3.8) is 0 Å². The number of rotatable bonds is 8. The fourth-order valence-electron chi connectivity index (χ4n) is 1.97. The summed E-state index contributed by atoms with van der Waals surface area (Å²) in [5.74, 6) is 0.0490. The van der Waals surface area contributed by atoms with Gasteiger partial charge in [-0.1, -0.05) is 6.07 Å². The van der Waals surface area contributed by atoms with Crippen LogP contribution in [0.5, 0.6) is 11.5 Å². The van der Waals surface area contributed by atoms with E-state index in [9.17, 15) is 9.90 Å². The van der Waals surface area contributed by atoms with Gasteiger partial charge in [0.15, 0.2) is 11.5 Å². The number of aliphatic carboxylic acids is 1. The van der Waals surface area contributed by atoms with Gasteiger partial charge in [-0.2, -0.15) is 0 Å². The molecule has 0 spiro atoms. The number of carbonyl (C=O) groups is 1. The molecule has 106 valence electrons. The van der Waals surface area contributed by atoms with Gasteiger partial charge in [-0.3, -0.25) is 4.79 Å². The molecule has 0 aliphatic heterocycles. The molecule has 0 aromatic heterocycles. The van der Waals surface area contributed by atoms with E-state index in [2.05, 4.69) is 0 Å². The summed E-state index contributed by atoms with van der Waals surface area (Å²) in [6.07, 6.45) is 1.76. The first-order valence-electron chi connectivity index (χ1n) is 6.26. The average Bonchev–Trinajstić information content (AvgIpc) is 2.42. The Morgan fingerprint density at radius 3 is 2.53 bits per heavy atom. The van der Waals surface area contributed by atoms with Crippen molar-refractivity contribution in [2.45, 2.75) is 19.3 Å². The fourth-order valence-corrected chi connectivity index (χ4v) is 1.97. The zero-order valence-electron chi connectivity index (χ0n) is 11.4. The minimum Gasteiger partial charge on any atom is -0.493 e. The van der Waals surface area contributed by atoms with E-state index < -0.39 is 11.9 Å². The molecular formula is C14H21NO4. The lowest BCUT2D eigenvalue weighted by molar-refractivity contribution is -0.141. The maximum atomic E-state index is 11.2. The molecule has 0 radical (unpaired) electrons. The van der Waals surface area contributed by atoms with Crippen LogP contribution in [0, 0.1) is 5.92 Å². The van der Waals surface area contributed by atoms with E-state index in [1.165, 1.54) is 0 Å².